The third-order valence-corrected chi connectivity index (χ3v) is 3.40. The molecular weight excluding hydrogens is 204 g/mol. The summed E-state index contributed by atoms with van der Waals surface area (Å²) in [6.07, 6.45) is 4.31. The summed E-state index contributed by atoms with van der Waals surface area (Å²) >= 11 is 0. The summed E-state index contributed by atoms with van der Waals surface area (Å²) in [7, 11) is 2.15. The van der Waals surface area contributed by atoms with Crippen molar-refractivity contribution >= 4 is 0 Å². The van der Waals surface area contributed by atoms with Crippen LogP contribution in [-0.2, 0) is 0 Å². The van der Waals surface area contributed by atoms with Gasteiger partial charge < -0.3 is 9.47 Å². The number of hydrogen-bond acceptors (Lipinski definition) is 4. The summed E-state index contributed by atoms with van der Waals surface area (Å²) in [5.74, 6) is 1.40. The molecule has 2 aliphatic heterocycles. The van der Waals surface area contributed by atoms with Crippen molar-refractivity contribution < 1.29 is 9.47 Å². The second-order valence-corrected chi connectivity index (χ2v) is 4.46. The lowest BCUT2D eigenvalue weighted by molar-refractivity contribution is 0.0337. The Hall–Kier alpha value is -1.29. The number of hydrogen-bond donors (Lipinski definition) is 0. The van der Waals surface area contributed by atoms with Crippen molar-refractivity contribution in [2.24, 2.45) is 0 Å². The van der Waals surface area contributed by atoms with Gasteiger partial charge in [0.2, 0.25) is 0 Å². The van der Waals surface area contributed by atoms with Gasteiger partial charge in [0.05, 0.1) is 0 Å². The first-order chi connectivity index (χ1) is 7.84. The molecule has 86 valence electrons. The average Bonchev–Trinajstić information content (AvgIpc) is 2.75. The van der Waals surface area contributed by atoms with Gasteiger partial charge in [-0.15, -0.1) is 0 Å². The monoisotopic (exact) mass is 220 g/mol. The predicted octanol–water partition coefficient (Wildman–Crippen LogP) is 1.32. The number of likely N-dealkylation sites (tertiary alicyclic amines) is 1. The van der Waals surface area contributed by atoms with Crippen molar-refractivity contribution in [2.45, 2.75) is 25.0 Å². The van der Waals surface area contributed by atoms with Crippen molar-refractivity contribution in [1.29, 1.82) is 0 Å². The van der Waals surface area contributed by atoms with Crippen LogP contribution in [0.1, 0.15) is 12.8 Å². The van der Waals surface area contributed by atoms with Crippen LogP contribution in [0.15, 0.2) is 18.3 Å². The molecule has 3 rings (SSSR count). The minimum absolute atomic E-state index is 0.143. The second kappa shape index (κ2) is 3.94. The van der Waals surface area contributed by atoms with Crippen LogP contribution in [0, 0.1) is 0 Å². The Morgan fingerprint density at radius 2 is 2.44 bits per heavy atom. The fraction of sp³-hybridized carbons (Fsp3) is 0.583. The Morgan fingerprint density at radius 3 is 3.25 bits per heavy atom. The standard InChI is InChI=1S/C12H16N2O2/c1-14-7-3-4-9(14)11-8-15-12-10(16-11)5-2-6-13-12/h2,5-6,9,11H,3-4,7-8H2,1H3/t9-,11+/m0/s1. The average molecular weight is 220 g/mol. The van der Waals surface area contributed by atoms with E-state index in [4.69, 9.17) is 9.47 Å². The van der Waals surface area contributed by atoms with Gasteiger partial charge in [-0.25, -0.2) is 4.98 Å². The summed E-state index contributed by atoms with van der Waals surface area (Å²) in [5, 5.41) is 0. The first-order valence-electron chi connectivity index (χ1n) is 5.79. The molecule has 0 spiro atoms. The third-order valence-electron chi connectivity index (χ3n) is 3.40. The lowest BCUT2D eigenvalue weighted by Crippen LogP contribution is -2.45. The Bertz CT molecular complexity index is 383. The highest BCUT2D eigenvalue weighted by atomic mass is 16.6. The van der Waals surface area contributed by atoms with Gasteiger partial charge in [-0.2, -0.15) is 0 Å². The highest BCUT2D eigenvalue weighted by Gasteiger charge is 2.34. The fourth-order valence-corrected chi connectivity index (χ4v) is 2.53. The molecule has 2 atom stereocenters. The van der Waals surface area contributed by atoms with Gasteiger partial charge in [-0.1, -0.05) is 0 Å². The van der Waals surface area contributed by atoms with E-state index < -0.39 is 0 Å². The molecule has 0 radical (unpaired) electrons. The molecule has 0 saturated carbocycles. The topological polar surface area (TPSA) is 34.6 Å². The number of likely N-dealkylation sites (N-methyl/N-ethyl adjacent to an activating group) is 1. The van der Waals surface area contributed by atoms with Crippen LogP contribution in [0.2, 0.25) is 0 Å². The molecule has 0 bridgehead atoms. The zero-order valence-corrected chi connectivity index (χ0v) is 9.43. The van der Waals surface area contributed by atoms with Gasteiger partial charge in [0.25, 0.3) is 5.88 Å². The fourth-order valence-electron chi connectivity index (χ4n) is 2.53. The predicted molar refractivity (Wildman–Crippen MR) is 59.8 cm³/mol. The minimum atomic E-state index is 0.143. The van der Waals surface area contributed by atoms with Crippen LogP contribution in [-0.4, -0.2) is 42.2 Å². The Labute approximate surface area is 95.2 Å². The first kappa shape index (κ1) is 9.90. The van der Waals surface area contributed by atoms with Gasteiger partial charge >= 0.3 is 0 Å². The number of aromatic nitrogens is 1. The molecule has 0 N–H and O–H groups in total. The SMILES string of the molecule is CN1CCC[C@H]1[C@H]1COc2ncccc2O1. The van der Waals surface area contributed by atoms with Crippen LogP contribution in [0.3, 0.4) is 0 Å². The van der Waals surface area contributed by atoms with Crippen molar-refractivity contribution in [2.75, 3.05) is 20.2 Å². The molecule has 4 nitrogen and oxygen atoms in total. The molecule has 0 aliphatic carbocycles. The number of ether oxygens (including phenoxy) is 2. The van der Waals surface area contributed by atoms with Crippen molar-refractivity contribution in [1.82, 2.24) is 9.88 Å². The van der Waals surface area contributed by atoms with E-state index >= 15 is 0 Å². The van der Waals surface area contributed by atoms with Crippen LogP contribution in [0.5, 0.6) is 11.6 Å². The molecule has 1 aromatic rings. The lowest BCUT2D eigenvalue weighted by Gasteiger charge is -2.32. The molecule has 3 heterocycles. The van der Waals surface area contributed by atoms with E-state index in [1.54, 1.807) is 6.20 Å². The van der Waals surface area contributed by atoms with Crippen LogP contribution < -0.4 is 9.47 Å². The molecule has 16 heavy (non-hydrogen) atoms. The minimum Gasteiger partial charge on any atom is -0.480 e. The van der Waals surface area contributed by atoms with E-state index in [2.05, 4.69) is 16.9 Å². The highest BCUT2D eigenvalue weighted by molar-refractivity contribution is 5.34. The molecule has 0 unspecified atom stereocenters. The molecule has 1 aromatic heterocycles. The van der Waals surface area contributed by atoms with Gasteiger partial charge in [0.15, 0.2) is 5.75 Å². The zero-order valence-electron chi connectivity index (χ0n) is 9.43. The van der Waals surface area contributed by atoms with Crippen LogP contribution >= 0.6 is 0 Å². The molecule has 1 fully saturated rings. The maximum atomic E-state index is 5.96. The maximum absolute atomic E-state index is 5.96. The number of fused-ring (bicyclic) bond motifs is 1. The summed E-state index contributed by atoms with van der Waals surface area (Å²) in [4.78, 5) is 6.50. The van der Waals surface area contributed by atoms with Crippen LogP contribution in [0.25, 0.3) is 0 Å². The normalized spacial score (nSPS) is 29.3. The van der Waals surface area contributed by atoms with E-state index in [-0.39, 0.29) is 6.10 Å². The molecule has 4 heteroatoms. The van der Waals surface area contributed by atoms with Gasteiger partial charge in [-0.3, -0.25) is 4.90 Å². The van der Waals surface area contributed by atoms with Crippen molar-refractivity contribution in [3.8, 4) is 11.6 Å². The van der Waals surface area contributed by atoms with E-state index in [9.17, 15) is 0 Å². The van der Waals surface area contributed by atoms with E-state index in [1.807, 2.05) is 12.1 Å². The molecule has 0 aromatic carbocycles. The molecule has 2 aliphatic rings. The Balaban J connectivity index is 1.77. The summed E-state index contributed by atoms with van der Waals surface area (Å²) < 4.78 is 11.6. The van der Waals surface area contributed by atoms with Gasteiger partial charge in [0.1, 0.15) is 12.7 Å². The van der Waals surface area contributed by atoms with Crippen LogP contribution in [0.4, 0.5) is 0 Å². The van der Waals surface area contributed by atoms with Gasteiger partial charge in [0, 0.05) is 12.2 Å². The van der Waals surface area contributed by atoms with Crippen molar-refractivity contribution in [3.63, 3.8) is 0 Å². The summed E-state index contributed by atoms with van der Waals surface area (Å²) in [5.41, 5.74) is 0. The number of pyridine rings is 1. The highest BCUT2D eigenvalue weighted by Crippen LogP contribution is 2.32. The van der Waals surface area contributed by atoms with Gasteiger partial charge in [-0.05, 0) is 38.6 Å². The number of rotatable bonds is 1. The van der Waals surface area contributed by atoms with E-state index in [1.165, 1.54) is 12.8 Å². The molecule has 1 saturated heterocycles. The maximum Gasteiger partial charge on any atom is 0.257 e. The summed E-state index contributed by atoms with van der Waals surface area (Å²) in [6.45, 7) is 1.77. The Morgan fingerprint density at radius 1 is 1.50 bits per heavy atom. The largest absolute Gasteiger partial charge is 0.480 e. The smallest absolute Gasteiger partial charge is 0.257 e. The quantitative estimate of drug-likeness (QED) is 0.715. The first-order valence-corrected chi connectivity index (χ1v) is 5.79. The molecular formula is C12H16N2O2. The summed E-state index contributed by atoms with van der Waals surface area (Å²) in [6, 6.07) is 4.28. The number of nitrogens with zero attached hydrogens (tertiary/aromatic N) is 2. The van der Waals surface area contributed by atoms with E-state index in [0.717, 1.165) is 12.3 Å². The third kappa shape index (κ3) is 1.63. The molecule has 0 amide bonds. The van der Waals surface area contributed by atoms with Crippen molar-refractivity contribution in [3.05, 3.63) is 18.3 Å². The Kier molecular flexibility index (Phi) is 2.44. The zero-order chi connectivity index (χ0) is 11.0. The van der Waals surface area contributed by atoms with E-state index in [0.29, 0.717) is 18.5 Å². The lowest BCUT2D eigenvalue weighted by atomic mass is 10.1. The second-order valence-electron chi connectivity index (χ2n) is 4.46.